The molecule has 1 aliphatic heterocycles. The number of amides is 1. The third kappa shape index (κ3) is 4.53. The zero-order valence-corrected chi connectivity index (χ0v) is 18.8. The molecular weight excluding hydrogens is 396 g/mol. The highest BCUT2D eigenvalue weighted by molar-refractivity contribution is 7.71. The first kappa shape index (κ1) is 21.1. The van der Waals surface area contributed by atoms with Crippen LogP contribution in [0.15, 0.2) is 18.2 Å². The summed E-state index contributed by atoms with van der Waals surface area (Å²) < 4.78 is 10.4. The van der Waals surface area contributed by atoms with E-state index in [1.165, 1.54) is 0 Å². The topological polar surface area (TPSA) is 42.6 Å². The summed E-state index contributed by atoms with van der Waals surface area (Å²) in [5.41, 5.74) is 1.65. The van der Waals surface area contributed by atoms with Gasteiger partial charge in [-0.05, 0) is 64.0 Å². The molecular formula is C20H29ClN4O2S. The molecule has 28 heavy (non-hydrogen) atoms. The number of fused-ring (bicyclic) bond motifs is 1. The lowest BCUT2D eigenvalue weighted by atomic mass is 10.0. The Morgan fingerprint density at radius 1 is 1.29 bits per heavy atom. The first-order chi connectivity index (χ1) is 13.1. The minimum Gasteiger partial charge on any atom is -0.444 e. The van der Waals surface area contributed by atoms with Gasteiger partial charge in [0.25, 0.3) is 0 Å². The lowest BCUT2D eigenvalue weighted by molar-refractivity contribution is 0.0138. The number of likely N-dealkylation sites (tertiary alicyclic amines) is 1. The van der Waals surface area contributed by atoms with Gasteiger partial charge in [-0.15, -0.1) is 0 Å². The average molecular weight is 425 g/mol. The number of imidazole rings is 1. The molecule has 8 heteroatoms. The van der Waals surface area contributed by atoms with Crippen LogP contribution in [0.3, 0.4) is 0 Å². The predicted molar refractivity (Wildman–Crippen MR) is 115 cm³/mol. The number of halogens is 1. The van der Waals surface area contributed by atoms with E-state index < -0.39 is 5.60 Å². The maximum absolute atomic E-state index is 12.3. The number of carbonyl (C=O) groups is 1. The Bertz CT molecular complexity index is 923. The second kappa shape index (κ2) is 8.05. The summed E-state index contributed by atoms with van der Waals surface area (Å²) in [4.78, 5) is 16.4. The van der Waals surface area contributed by atoms with Gasteiger partial charge in [0, 0.05) is 38.2 Å². The molecule has 1 saturated heterocycles. The van der Waals surface area contributed by atoms with Crippen LogP contribution in [0.1, 0.15) is 33.6 Å². The maximum Gasteiger partial charge on any atom is 0.410 e. The number of hydrogen-bond acceptors (Lipinski definition) is 4. The molecule has 154 valence electrons. The Hall–Kier alpha value is -1.57. The highest BCUT2D eigenvalue weighted by Gasteiger charge is 2.28. The minimum atomic E-state index is -0.474. The van der Waals surface area contributed by atoms with Crippen molar-refractivity contribution >= 4 is 40.9 Å². The van der Waals surface area contributed by atoms with Crippen molar-refractivity contribution in [1.82, 2.24) is 18.9 Å². The molecule has 6 nitrogen and oxygen atoms in total. The van der Waals surface area contributed by atoms with E-state index in [2.05, 4.69) is 9.47 Å². The summed E-state index contributed by atoms with van der Waals surface area (Å²) in [6.07, 6.45) is 1.57. The number of ether oxygens (including phenoxy) is 1. The Morgan fingerprint density at radius 3 is 2.54 bits per heavy atom. The van der Waals surface area contributed by atoms with Crippen LogP contribution in [-0.4, -0.2) is 56.8 Å². The molecule has 1 aromatic heterocycles. The summed E-state index contributed by atoms with van der Waals surface area (Å²) in [5.74, 6) is 0. The third-order valence-corrected chi connectivity index (χ3v) is 5.96. The lowest BCUT2D eigenvalue weighted by Crippen LogP contribution is -2.47. The van der Waals surface area contributed by atoms with E-state index in [1.807, 2.05) is 57.6 Å². The Balaban J connectivity index is 1.66. The van der Waals surface area contributed by atoms with E-state index in [-0.39, 0.29) is 12.1 Å². The molecule has 0 radical (unpaired) electrons. The molecule has 0 unspecified atom stereocenters. The number of piperidine rings is 1. The van der Waals surface area contributed by atoms with Crippen LogP contribution >= 0.6 is 23.8 Å². The minimum absolute atomic E-state index is 0.195. The van der Waals surface area contributed by atoms with E-state index in [1.54, 1.807) is 4.90 Å². The molecule has 3 rings (SSSR count). The van der Waals surface area contributed by atoms with Gasteiger partial charge >= 0.3 is 6.09 Å². The Morgan fingerprint density at radius 2 is 1.93 bits per heavy atom. The van der Waals surface area contributed by atoms with Crippen molar-refractivity contribution in [1.29, 1.82) is 0 Å². The van der Waals surface area contributed by atoms with Crippen LogP contribution < -0.4 is 0 Å². The van der Waals surface area contributed by atoms with Crippen molar-refractivity contribution in [3.05, 3.63) is 28.0 Å². The summed E-state index contributed by atoms with van der Waals surface area (Å²) in [7, 11) is 3.81. The molecule has 0 spiro atoms. The molecule has 1 aromatic carbocycles. The second-order valence-electron chi connectivity index (χ2n) is 8.48. The largest absolute Gasteiger partial charge is 0.444 e. The highest BCUT2D eigenvalue weighted by Crippen LogP contribution is 2.24. The second-order valence-corrected chi connectivity index (χ2v) is 9.29. The van der Waals surface area contributed by atoms with E-state index in [9.17, 15) is 4.79 Å². The van der Waals surface area contributed by atoms with Crippen molar-refractivity contribution in [3.63, 3.8) is 0 Å². The van der Waals surface area contributed by atoms with Crippen molar-refractivity contribution < 1.29 is 9.53 Å². The molecule has 1 fully saturated rings. The van der Waals surface area contributed by atoms with Crippen LogP contribution in [0.4, 0.5) is 4.79 Å². The zero-order valence-electron chi connectivity index (χ0n) is 17.2. The van der Waals surface area contributed by atoms with Gasteiger partial charge in [-0.2, -0.15) is 0 Å². The van der Waals surface area contributed by atoms with E-state index in [0.29, 0.717) is 5.02 Å². The van der Waals surface area contributed by atoms with Crippen LogP contribution in [0, 0.1) is 4.77 Å². The monoisotopic (exact) mass is 424 g/mol. The molecule has 0 saturated carbocycles. The van der Waals surface area contributed by atoms with Gasteiger partial charge in [-0.3, -0.25) is 4.90 Å². The van der Waals surface area contributed by atoms with E-state index in [4.69, 9.17) is 28.6 Å². The number of benzene rings is 1. The molecule has 0 atom stereocenters. The fraction of sp³-hybridized carbons (Fsp3) is 0.600. The van der Waals surface area contributed by atoms with Crippen molar-refractivity contribution in [2.45, 2.75) is 51.9 Å². The molecule has 0 aliphatic carbocycles. The number of hydrogen-bond donors (Lipinski definition) is 0. The van der Waals surface area contributed by atoms with Crippen LogP contribution in [0.25, 0.3) is 11.0 Å². The predicted octanol–water partition coefficient (Wildman–Crippen LogP) is 4.65. The molecule has 1 aliphatic rings. The zero-order chi connectivity index (χ0) is 20.6. The summed E-state index contributed by atoms with van der Waals surface area (Å²) in [6.45, 7) is 8.19. The fourth-order valence-corrected chi connectivity index (χ4v) is 4.07. The number of nitrogens with zero attached hydrogens (tertiary/aromatic N) is 4. The lowest BCUT2D eigenvalue weighted by Gasteiger charge is -2.37. The molecule has 2 heterocycles. The van der Waals surface area contributed by atoms with Crippen LogP contribution in [0.5, 0.6) is 0 Å². The van der Waals surface area contributed by atoms with Gasteiger partial charge in [0.2, 0.25) is 0 Å². The van der Waals surface area contributed by atoms with Gasteiger partial charge in [-0.1, -0.05) is 11.6 Å². The Kier molecular flexibility index (Phi) is 6.08. The normalized spacial score (nSPS) is 16.5. The van der Waals surface area contributed by atoms with Crippen molar-refractivity contribution in [2.75, 3.05) is 20.1 Å². The number of rotatable bonds is 3. The summed E-state index contributed by atoms with van der Waals surface area (Å²) >= 11 is 11.8. The van der Waals surface area contributed by atoms with Crippen LogP contribution in [0.2, 0.25) is 5.02 Å². The van der Waals surface area contributed by atoms with Gasteiger partial charge in [0.15, 0.2) is 4.77 Å². The quantitative estimate of drug-likeness (QED) is 0.672. The SMILES string of the molecule is CN(C(=O)OC(C)(C)C)C1CCN(Cn2c(=S)n(C)c3ccc(Cl)cc32)CC1. The number of aromatic nitrogens is 2. The van der Waals surface area contributed by atoms with Gasteiger partial charge < -0.3 is 18.8 Å². The number of carbonyl (C=O) groups excluding carboxylic acids is 1. The van der Waals surface area contributed by atoms with Gasteiger partial charge in [0.1, 0.15) is 5.60 Å². The van der Waals surface area contributed by atoms with E-state index in [0.717, 1.165) is 48.4 Å². The smallest absolute Gasteiger partial charge is 0.410 e. The van der Waals surface area contributed by atoms with Crippen LogP contribution in [-0.2, 0) is 18.5 Å². The molecule has 0 bridgehead atoms. The summed E-state index contributed by atoms with van der Waals surface area (Å²) in [6, 6.07) is 6.06. The molecule has 2 aromatic rings. The molecule has 1 amide bonds. The third-order valence-electron chi connectivity index (χ3n) is 5.24. The summed E-state index contributed by atoms with van der Waals surface area (Å²) in [5, 5.41) is 0.708. The fourth-order valence-electron chi connectivity index (χ4n) is 3.65. The first-order valence-corrected chi connectivity index (χ1v) is 10.4. The first-order valence-electron chi connectivity index (χ1n) is 9.60. The van der Waals surface area contributed by atoms with Gasteiger partial charge in [0.05, 0.1) is 17.7 Å². The average Bonchev–Trinajstić information content (AvgIpc) is 2.84. The van der Waals surface area contributed by atoms with Gasteiger partial charge in [-0.25, -0.2) is 4.79 Å². The van der Waals surface area contributed by atoms with E-state index >= 15 is 0 Å². The highest BCUT2D eigenvalue weighted by atomic mass is 35.5. The number of aryl methyl sites for hydroxylation is 1. The standard InChI is InChI=1S/C20H29ClN4O2S/c1-20(2,3)27-19(26)22(4)15-8-10-24(11-9-15)13-25-17-12-14(21)6-7-16(17)23(5)18(25)28/h6-7,12,15H,8-11,13H2,1-5H3. The Labute approximate surface area is 176 Å². The maximum atomic E-state index is 12.3. The molecule has 0 N–H and O–H groups in total. The van der Waals surface area contributed by atoms with Crippen molar-refractivity contribution in [2.24, 2.45) is 7.05 Å². The van der Waals surface area contributed by atoms with Crippen molar-refractivity contribution in [3.8, 4) is 0 Å².